The Morgan fingerprint density at radius 1 is 0.812 bits per heavy atom. The first-order chi connectivity index (χ1) is 15.9. The van der Waals surface area contributed by atoms with Crippen LogP contribution in [0.15, 0.2) is 76.7 Å². The maximum Gasteiger partial charge on any atom is 0.128 e. The minimum absolute atomic E-state index is 0.794. The molecule has 1 aromatic carbocycles. The molecule has 32 heavy (non-hydrogen) atoms. The lowest BCUT2D eigenvalue weighted by Gasteiger charge is -2.34. The first-order valence-corrected chi connectivity index (χ1v) is 11.6. The maximum atomic E-state index is 5.61. The Hall–Kier alpha value is -3.12. The number of aromatic nitrogens is 1. The number of rotatable bonds is 5. The van der Waals surface area contributed by atoms with Gasteiger partial charge in [0.05, 0.1) is 32.5 Å². The van der Waals surface area contributed by atoms with Crippen LogP contribution in [-0.2, 0) is 4.74 Å². The molecule has 1 aliphatic carbocycles. The lowest BCUT2D eigenvalue weighted by atomic mass is 10.1. The third-order valence-electron chi connectivity index (χ3n) is 6.35. The summed E-state index contributed by atoms with van der Waals surface area (Å²) >= 11 is 0. The number of anilines is 1. The maximum absolute atomic E-state index is 5.61. The summed E-state index contributed by atoms with van der Waals surface area (Å²) in [5.74, 6) is 1.06. The molecule has 3 aliphatic rings. The first-order valence-electron chi connectivity index (χ1n) is 11.6. The van der Waals surface area contributed by atoms with E-state index in [1.807, 2.05) is 18.3 Å². The molecular weight excluding hydrogens is 398 g/mol. The van der Waals surface area contributed by atoms with Crippen LogP contribution in [0.5, 0.6) is 0 Å². The van der Waals surface area contributed by atoms with Gasteiger partial charge in [-0.2, -0.15) is 5.10 Å². The molecule has 0 bridgehead atoms. The second kappa shape index (κ2) is 10.0. The Bertz CT molecular complexity index is 972. The molecular formula is C26H31N5O. The topological polar surface area (TPSA) is 44.2 Å². The predicted octanol–water partition coefficient (Wildman–Crippen LogP) is 3.65. The van der Waals surface area contributed by atoms with Gasteiger partial charge in [-0.1, -0.05) is 36.4 Å². The monoisotopic (exact) mass is 429 g/mol. The van der Waals surface area contributed by atoms with E-state index in [1.54, 1.807) is 0 Å². The van der Waals surface area contributed by atoms with Crippen molar-refractivity contribution in [3.63, 3.8) is 0 Å². The zero-order valence-corrected chi connectivity index (χ0v) is 18.6. The molecule has 0 saturated carbocycles. The van der Waals surface area contributed by atoms with Crippen molar-refractivity contribution in [1.29, 1.82) is 0 Å². The van der Waals surface area contributed by atoms with Crippen LogP contribution >= 0.6 is 0 Å². The minimum atomic E-state index is 0.794. The normalized spacial score (nSPS) is 21.2. The first kappa shape index (κ1) is 20.8. The van der Waals surface area contributed by atoms with Gasteiger partial charge < -0.3 is 14.5 Å². The molecule has 5 rings (SSSR count). The fraction of sp³-hybridized carbons (Fsp3) is 0.385. The Balaban J connectivity index is 1.31. The van der Waals surface area contributed by atoms with Crippen molar-refractivity contribution in [3.8, 4) is 0 Å². The molecule has 0 unspecified atom stereocenters. The van der Waals surface area contributed by atoms with E-state index in [0.717, 1.165) is 71.1 Å². The summed E-state index contributed by atoms with van der Waals surface area (Å²) < 4.78 is 5.61. The summed E-state index contributed by atoms with van der Waals surface area (Å²) in [5.41, 5.74) is 5.39. The van der Waals surface area contributed by atoms with E-state index in [1.165, 1.54) is 22.4 Å². The highest BCUT2D eigenvalue weighted by molar-refractivity contribution is 5.83. The van der Waals surface area contributed by atoms with Crippen LogP contribution in [-0.4, -0.2) is 73.6 Å². The van der Waals surface area contributed by atoms with E-state index in [-0.39, 0.29) is 0 Å². The van der Waals surface area contributed by atoms with E-state index in [2.05, 4.69) is 68.5 Å². The lowest BCUT2D eigenvalue weighted by Crippen LogP contribution is -2.44. The van der Waals surface area contributed by atoms with Crippen LogP contribution in [0.25, 0.3) is 6.08 Å². The Kier molecular flexibility index (Phi) is 6.49. The quantitative estimate of drug-likeness (QED) is 0.679. The van der Waals surface area contributed by atoms with E-state index >= 15 is 0 Å². The van der Waals surface area contributed by atoms with Crippen molar-refractivity contribution in [2.45, 2.75) is 12.8 Å². The molecule has 2 aliphatic heterocycles. The number of nitrogens with zero attached hydrogens (tertiary/aromatic N) is 5. The summed E-state index contributed by atoms with van der Waals surface area (Å²) in [6, 6.07) is 16.7. The van der Waals surface area contributed by atoms with Crippen LogP contribution in [0, 0.1) is 0 Å². The second-order valence-corrected chi connectivity index (χ2v) is 8.43. The number of ether oxygens (including phenoxy) is 1. The highest BCUT2D eigenvalue weighted by atomic mass is 16.5. The molecule has 0 atom stereocenters. The summed E-state index contributed by atoms with van der Waals surface area (Å²) in [7, 11) is 0. The number of hydrazone groups is 1. The number of benzene rings is 1. The Labute approximate surface area is 190 Å². The van der Waals surface area contributed by atoms with Crippen molar-refractivity contribution in [1.82, 2.24) is 14.9 Å². The average molecular weight is 430 g/mol. The van der Waals surface area contributed by atoms with Crippen molar-refractivity contribution in [3.05, 3.63) is 77.1 Å². The van der Waals surface area contributed by atoms with Gasteiger partial charge in [0.25, 0.3) is 0 Å². The summed E-state index contributed by atoms with van der Waals surface area (Å²) in [4.78, 5) is 9.31. The molecule has 2 aromatic rings. The van der Waals surface area contributed by atoms with Gasteiger partial charge in [-0.05, 0) is 47.8 Å². The fourth-order valence-electron chi connectivity index (χ4n) is 4.65. The molecule has 0 amide bonds. The molecule has 3 heterocycles. The SMILES string of the molecule is C(=C1CCC(/C=N\N2CCN(c3ccccn3)CC2)=C1N1CCOCC1)c1ccccc1. The number of morpholine rings is 1. The third kappa shape index (κ3) is 4.86. The van der Waals surface area contributed by atoms with Crippen molar-refractivity contribution >= 4 is 18.1 Å². The van der Waals surface area contributed by atoms with Gasteiger partial charge in [-0.15, -0.1) is 0 Å². The lowest BCUT2D eigenvalue weighted by molar-refractivity contribution is 0.0548. The molecule has 166 valence electrons. The molecule has 6 nitrogen and oxygen atoms in total. The molecule has 0 radical (unpaired) electrons. The van der Waals surface area contributed by atoms with E-state index in [4.69, 9.17) is 9.84 Å². The summed E-state index contributed by atoms with van der Waals surface area (Å²) in [5, 5.41) is 7.09. The van der Waals surface area contributed by atoms with Gasteiger partial charge in [0.2, 0.25) is 0 Å². The van der Waals surface area contributed by atoms with Crippen molar-refractivity contribution < 1.29 is 4.74 Å². The molecule has 0 spiro atoms. The van der Waals surface area contributed by atoms with E-state index in [9.17, 15) is 0 Å². The third-order valence-corrected chi connectivity index (χ3v) is 6.35. The van der Waals surface area contributed by atoms with E-state index < -0.39 is 0 Å². The van der Waals surface area contributed by atoms with Crippen molar-refractivity contribution in [2.24, 2.45) is 5.10 Å². The van der Waals surface area contributed by atoms with Gasteiger partial charge in [-0.3, -0.25) is 5.01 Å². The minimum Gasteiger partial charge on any atom is -0.378 e. The molecule has 1 aromatic heterocycles. The fourth-order valence-corrected chi connectivity index (χ4v) is 4.65. The van der Waals surface area contributed by atoms with Crippen LogP contribution in [0.1, 0.15) is 18.4 Å². The van der Waals surface area contributed by atoms with Gasteiger partial charge in [0.1, 0.15) is 5.82 Å². The van der Waals surface area contributed by atoms with Crippen LogP contribution in [0.4, 0.5) is 5.82 Å². The van der Waals surface area contributed by atoms with Gasteiger partial charge in [-0.25, -0.2) is 4.98 Å². The summed E-state index contributed by atoms with van der Waals surface area (Å²) in [6.45, 7) is 7.21. The van der Waals surface area contributed by atoms with Crippen molar-refractivity contribution in [2.75, 3.05) is 57.4 Å². The zero-order valence-electron chi connectivity index (χ0n) is 18.6. The summed E-state index contributed by atoms with van der Waals surface area (Å²) in [6.07, 6.45) is 8.43. The molecule has 0 N–H and O–H groups in total. The number of hydrogen-bond donors (Lipinski definition) is 0. The van der Waals surface area contributed by atoms with Gasteiger partial charge in [0.15, 0.2) is 0 Å². The Morgan fingerprint density at radius 2 is 1.59 bits per heavy atom. The smallest absolute Gasteiger partial charge is 0.128 e. The number of allylic oxidation sites excluding steroid dienone is 2. The standard InChI is InChI=1S/C26H31N5O/c1-2-6-22(7-3-1)20-23-9-10-24(26(23)30-16-18-32-19-17-30)21-28-31-14-12-29(13-15-31)25-8-4-5-11-27-25/h1-8,11,20-21H,9-10,12-19H2/b23-20?,28-21-. The highest BCUT2D eigenvalue weighted by Crippen LogP contribution is 2.35. The largest absolute Gasteiger partial charge is 0.378 e. The number of piperazine rings is 1. The predicted molar refractivity (Wildman–Crippen MR) is 130 cm³/mol. The second-order valence-electron chi connectivity index (χ2n) is 8.43. The Morgan fingerprint density at radius 3 is 2.34 bits per heavy atom. The average Bonchev–Trinajstić information content (AvgIpc) is 3.27. The molecule has 6 heteroatoms. The number of pyridine rings is 1. The van der Waals surface area contributed by atoms with Crippen LogP contribution in [0.3, 0.4) is 0 Å². The number of hydrogen-bond acceptors (Lipinski definition) is 6. The van der Waals surface area contributed by atoms with Crippen LogP contribution in [0.2, 0.25) is 0 Å². The van der Waals surface area contributed by atoms with Gasteiger partial charge >= 0.3 is 0 Å². The zero-order chi connectivity index (χ0) is 21.6. The van der Waals surface area contributed by atoms with E-state index in [0.29, 0.717) is 0 Å². The molecule has 2 saturated heterocycles. The highest BCUT2D eigenvalue weighted by Gasteiger charge is 2.26. The van der Waals surface area contributed by atoms with Crippen LogP contribution < -0.4 is 4.90 Å². The molecule has 2 fully saturated rings. The van der Waals surface area contributed by atoms with Gasteiger partial charge in [0, 0.05) is 38.1 Å².